The summed E-state index contributed by atoms with van der Waals surface area (Å²) in [6.45, 7) is -0.0168. The second kappa shape index (κ2) is 4.49. The fraction of sp³-hybridized carbons (Fsp3) is 0.100. The Morgan fingerprint density at radius 2 is 2.44 bits per heavy atom. The van der Waals surface area contributed by atoms with E-state index < -0.39 is 0 Å². The molecule has 1 aromatic heterocycles. The maximum Gasteiger partial charge on any atom is 0.273 e. The van der Waals surface area contributed by atoms with Gasteiger partial charge in [0, 0.05) is 8.96 Å². The number of carbonyl (C=O) groups is 1. The van der Waals surface area contributed by atoms with Crippen LogP contribution in [-0.4, -0.2) is 22.6 Å². The van der Waals surface area contributed by atoms with E-state index in [1.54, 1.807) is 0 Å². The molecule has 80 valence electrons. The number of hydrogen-bond donors (Lipinski definition) is 2. The van der Waals surface area contributed by atoms with Crippen molar-refractivity contribution in [1.82, 2.24) is 15.5 Å². The van der Waals surface area contributed by atoms with Crippen molar-refractivity contribution >= 4 is 39.4 Å². The highest BCUT2D eigenvalue weighted by atomic mass is 127. The van der Waals surface area contributed by atoms with E-state index in [1.165, 1.54) is 0 Å². The fourth-order valence-electron chi connectivity index (χ4n) is 1.36. The van der Waals surface area contributed by atoms with Crippen LogP contribution in [0, 0.1) is 14.9 Å². The largest absolute Gasteiger partial charge is 0.338 e. The van der Waals surface area contributed by atoms with Gasteiger partial charge in [0.25, 0.3) is 5.91 Å². The number of carbonyl (C=O) groups excluding carboxylic acids is 1. The van der Waals surface area contributed by atoms with Gasteiger partial charge in [-0.25, -0.2) is 0 Å². The molecule has 0 spiro atoms. The first kappa shape index (κ1) is 10.9. The van der Waals surface area contributed by atoms with Gasteiger partial charge >= 0.3 is 0 Å². The van der Waals surface area contributed by atoms with Crippen LogP contribution in [0.25, 0.3) is 10.9 Å². The second-order valence-electron chi connectivity index (χ2n) is 3.10. The molecule has 2 aromatic rings. The van der Waals surface area contributed by atoms with Crippen LogP contribution < -0.4 is 5.32 Å². The summed E-state index contributed by atoms with van der Waals surface area (Å²) < 4.78 is 1.03. The van der Waals surface area contributed by atoms with E-state index in [-0.39, 0.29) is 12.5 Å². The van der Waals surface area contributed by atoms with Crippen LogP contribution in [-0.2, 0) is 0 Å². The zero-order valence-corrected chi connectivity index (χ0v) is 10.3. The number of hydrogen-bond acceptors (Lipinski definition) is 3. The summed E-state index contributed by atoms with van der Waals surface area (Å²) in [5.41, 5.74) is 1.13. The van der Waals surface area contributed by atoms with Crippen molar-refractivity contribution in [2.75, 3.05) is 6.54 Å². The van der Waals surface area contributed by atoms with Gasteiger partial charge in [0.1, 0.15) is 6.54 Å². The third-order valence-electron chi connectivity index (χ3n) is 2.07. The lowest BCUT2D eigenvalue weighted by Crippen LogP contribution is -2.24. The molecule has 0 bridgehead atoms. The van der Waals surface area contributed by atoms with Crippen molar-refractivity contribution in [3.05, 3.63) is 27.5 Å². The molecule has 0 atom stereocenters. The number of nitriles is 1. The van der Waals surface area contributed by atoms with Crippen LogP contribution in [0.15, 0.2) is 18.2 Å². The minimum atomic E-state index is -0.338. The Bertz CT molecular complexity index is 584. The second-order valence-corrected chi connectivity index (χ2v) is 4.35. The van der Waals surface area contributed by atoms with Crippen LogP contribution in [0.1, 0.15) is 10.5 Å². The van der Waals surface area contributed by atoms with E-state index in [1.807, 2.05) is 24.3 Å². The lowest BCUT2D eigenvalue weighted by molar-refractivity contribution is 0.0955. The Balaban J connectivity index is 2.41. The van der Waals surface area contributed by atoms with E-state index in [0.29, 0.717) is 5.69 Å². The normalized spacial score (nSPS) is 10.0. The van der Waals surface area contributed by atoms with Crippen LogP contribution in [0.3, 0.4) is 0 Å². The van der Waals surface area contributed by atoms with Crippen molar-refractivity contribution in [1.29, 1.82) is 5.26 Å². The summed E-state index contributed by atoms with van der Waals surface area (Å²) in [5.74, 6) is -0.338. The summed E-state index contributed by atoms with van der Waals surface area (Å²) >= 11 is 2.17. The number of rotatable bonds is 2. The Kier molecular flexibility index (Phi) is 3.05. The number of nitrogens with one attached hydrogen (secondary N) is 2. The van der Waals surface area contributed by atoms with E-state index in [0.717, 1.165) is 14.5 Å². The molecule has 2 N–H and O–H groups in total. The third-order valence-corrected chi connectivity index (χ3v) is 2.74. The number of fused-ring (bicyclic) bond motifs is 1. The Morgan fingerprint density at radius 1 is 1.62 bits per heavy atom. The number of benzene rings is 1. The Morgan fingerprint density at radius 3 is 3.19 bits per heavy atom. The zero-order valence-electron chi connectivity index (χ0n) is 8.12. The molecule has 1 amide bonds. The van der Waals surface area contributed by atoms with Gasteiger partial charge in [-0.2, -0.15) is 10.4 Å². The molecular weight excluding hydrogens is 319 g/mol. The monoisotopic (exact) mass is 326 g/mol. The van der Waals surface area contributed by atoms with Gasteiger partial charge in [-0.1, -0.05) is 0 Å². The standard InChI is InChI=1S/C10H7IN4O/c11-6-1-2-8-7(5-6)9(15-14-8)10(16)13-4-3-12/h1-2,5H,4H2,(H,13,16)(H,14,15). The Labute approximate surface area is 105 Å². The average Bonchev–Trinajstić information content (AvgIpc) is 2.68. The van der Waals surface area contributed by atoms with Crippen LogP contribution >= 0.6 is 22.6 Å². The molecule has 0 saturated heterocycles. The molecule has 0 radical (unpaired) electrons. The maximum absolute atomic E-state index is 11.6. The van der Waals surface area contributed by atoms with Gasteiger partial charge in [0.15, 0.2) is 5.69 Å². The number of nitrogens with zero attached hydrogens (tertiary/aromatic N) is 2. The average molecular weight is 326 g/mol. The first-order chi connectivity index (χ1) is 7.72. The van der Waals surface area contributed by atoms with Crippen molar-refractivity contribution in [3.63, 3.8) is 0 Å². The van der Waals surface area contributed by atoms with Gasteiger partial charge in [-0.3, -0.25) is 9.89 Å². The summed E-state index contributed by atoms with van der Waals surface area (Å²) in [4.78, 5) is 11.6. The summed E-state index contributed by atoms with van der Waals surface area (Å²) in [6.07, 6.45) is 0. The van der Waals surface area contributed by atoms with Gasteiger partial charge in [-0.05, 0) is 40.8 Å². The predicted octanol–water partition coefficient (Wildman–Crippen LogP) is 1.42. The molecule has 0 saturated carbocycles. The molecule has 0 aliphatic carbocycles. The SMILES string of the molecule is N#CCNC(=O)c1n[nH]c2ccc(I)cc12. The van der Waals surface area contributed by atoms with Gasteiger partial charge in [0.2, 0.25) is 0 Å². The molecule has 1 aromatic carbocycles. The van der Waals surface area contributed by atoms with Crippen molar-refractivity contribution in [3.8, 4) is 6.07 Å². The molecule has 6 heteroatoms. The zero-order chi connectivity index (χ0) is 11.5. The van der Waals surface area contributed by atoms with E-state index in [2.05, 4.69) is 38.1 Å². The first-order valence-electron chi connectivity index (χ1n) is 4.51. The van der Waals surface area contributed by atoms with Crippen molar-refractivity contribution in [2.24, 2.45) is 0 Å². The first-order valence-corrected chi connectivity index (χ1v) is 5.59. The smallest absolute Gasteiger partial charge is 0.273 e. The number of H-pyrrole nitrogens is 1. The van der Waals surface area contributed by atoms with Crippen LogP contribution in [0.4, 0.5) is 0 Å². The molecule has 16 heavy (non-hydrogen) atoms. The number of halogens is 1. The molecule has 5 nitrogen and oxygen atoms in total. The summed E-state index contributed by atoms with van der Waals surface area (Å²) in [6, 6.07) is 7.52. The molecule has 0 fully saturated rings. The highest BCUT2D eigenvalue weighted by Crippen LogP contribution is 2.18. The Hall–Kier alpha value is -1.62. The molecular formula is C10H7IN4O. The summed E-state index contributed by atoms with van der Waals surface area (Å²) in [5, 5.41) is 18.3. The molecule has 0 unspecified atom stereocenters. The van der Waals surface area contributed by atoms with E-state index >= 15 is 0 Å². The lowest BCUT2D eigenvalue weighted by Gasteiger charge is -1.97. The van der Waals surface area contributed by atoms with Gasteiger partial charge < -0.3 is 5.32 Å². The van der Waals surface area contributed by atoms with Crippen molar-refractivity contribution in [2.45, 2.75) is 0 Å². The molecule has 1 heterocycles. The number of aromatic nitrogens is 2. The van der Waals surface area contributed by atoms with Crippen molar-refractivity contribution < 1.29 is 4.79 Å². The topological polar surface area (TPSA) is 81.6 Å². The fourth-order valence-corrected chi connectivity index (χ4v) is 1.85. The quantitative estimate of drug-likeness (QED) is 0.647. The van der Waals surface area contributed by atoms with Crippen LogP contribution in [0.5, 0.6) is 0 Å². The van der Waals surface area contributed by atoms with E-state index in [9.17, 15) is 4.79 Å². The van der Waals surface area contributed by atoms with E-state index in [4.69, 9.17) is 5.26 Å². The van der Waals surface area contributed by atoms with Gasteiger partial charge in [0.05, 0.1) is 11.6 Å². The van der Waals surface area contributed by atoms with Crippen LogP contribution in [0.2, 0.25) is 0 Å². The maximum atomic E-state index is 11.6. The molecule has 0 aliphatic rings. The summed E-state index contributed by atoms with van der Waals surface area (Å²) in [7, 11) is 0. The number of aromatic amines is 1. The highest BCUT2D eigenvalue weighted by Gasteiger charge is 2.13. The minimum Gasteiger partial charge on any atom is -0.338 e. The molecule has 0 aliphatic heterocycles. The highest BCUT2D eigenvalue weighted by molar-refractivity contribution is 14.1. The minimum absolute atomic E-state index is 0.0168. The third kappa shape index (κ3) is 1.99. The van der Waals surface area contributed by atoms with Gasteiger partial charge in [-0.15, -0.1) is 0 Å². The molecule has 2 rings (SSSR count). The number of amides is 1. The predicted molar refractivity (Wildman–Crippen MR) is 66.8 cm³/mol. The lowest BCUT2D eigenvalue weighted by atomic mass is 10.2.